The summed E-state index contributed by atoms with van der Waals surface area (Å²) in [5.41, 5.74) is 2.76. The fourth-order valence-electron chi connectivity index (χ4n) is 3.74. The van der Waals surface area contributed by atoms with Gasteiger partial charge in [0.25, 0.3) is 11.8 Å². The number of amides is 2. The van der Waals surface area contributed by atoms with Gasteiger partial charge in [0, 0.05) is 10.7 Å². The van der Waals surface area contributed by atoms with Crippen LogP contribution in [0.15, 0.2) is 77.5 Å². The first-order valence-corrected chi connectivity index (χ1v) is 11.7. The van der Waals surface area contributed by atoms with Crippen molar-refractivity contribution in [2.75, 3.05) is 10.2 Å². The van der Waals surface area contributed by atoms with Crippen LogP contribution in [0.3, 0.4) is 0 Å². The van der Waals surface area contributed by atoms with E-state index in [0.717, 1.165) is 10.5 Å². The molecule has 3 aromatic carbocycles. The van der Waals surface area contributed by atoms with Crippen molar-refractivity contribution >= 4 is 52.4 Å². The molecule has 0 bridgehead atoms. The number of carbonyl (C=O) groups excluding carboxylic acids is 3. The third-order valence-corrected chi connectivity index (χ3v) is 6.15. The van der Waals surface area contributed by atoms with Gasteiger partial charge in [0.1, 0.15) is 16.5 Å². The van der Waals surface area contributed by atoms with Gasteiger partial charge in [-0.25, -0.2) is 9.69 Å². The lowest BCUT2D eigenvalue weighted by atomic mass is 10.0. The van der Waals surface area contributed by atoms with Gasteiger partial charge in [0.2, 0.25) is 0 Å². The van der Waals surface area contributed by atoms with E-state index in [9.17, 15) is 14.4 Å². The highest BCUT2D eigenvalue weighted by Gasteiger charge is 2.39. The number of nitrogens with one attached hydrogen (secondary N) is 1. The third-order valence-electron chi connectivity index (χ3n) is 5.56. The van der Waals surface area contributed by atoms with Crippen LogP contribution in [0, 0.1) is 6.92 Å². The predicted molar refractivity (Wildman–Crippen MR) is 137 cm³/mol. The van der Waals surface area contributed by atoms with Crippen LogP contribution in [0.1, 0.15) is 41.3 Å². The Morgan fingerprint density at radius 1 is 0.943 bits per heavy atom. The van der Waals surface area contributed by atoms with Gasteiger partial charge >= 0.3 is 5.97 Å². The molecule has 4 rings (SSSR count). The lowest BCUT2D eigenvalue weighted by Crippen LogP contribution is -2.32. The number of nitrogens with zero attached hydrogens (tertiary/aromatic N) is 1. The van der Waals surface area contributed by atoms with Crippen molar-refractivity contribution < 1.29 is 19.1 Å². The quantitative estimate of drug-likeness (QED) is 0.236. The summed E-state index contributed by atoms with van der Waals surface area (Å²) in [4.78, 5) is 39.4. The van der Waals surface area contributed by atoms with Crippen LogP contribution in [0.5, 0.6) is 5.75 Å². The number of para-hydroxylation sites is 1. The van der Waals surface area contributed by atoms with Gasteiger partial charge in [-0.1, -0.05) is 55.2 Å². The number of benzene rings is 3. The summed E-state index contributed by atoms with van der Waals surface area (Å²) in [5.74, 6) is -1.00. The van der Waals surface area contributed by atoms with Crippen LogP contribution < -0.4 is 15.0 Å². The number of aryl methyl sites for hydroxylation is 1. The summed E-state index contributed by atoms with van der Waals surface area (Å²) >= 11 is 12.2. The maximum atomic E-state index is 13.0. The van der Waals surface area contributed by atoms with Gasteiger partial charge in [-0.05, 0) is 72.5 Å². The van der Waals surface area contributed by atoms with Gasteiger partial charge in [-0.3, -0.25) is 9.59 Å². The smallest absolute Gasteiger partial charge is 0.343 e. The predicted octanol–water partition coefficient (Wildman–Crippen LogP) is 6.43. The average molecular weight is 509 g/mol. The zero-order chi connectivity index (χ0) is 25.3. The Labute approximate surface area is 213 Å². The lowest BCUT2D eigenvalue weighted by molar-refractivity contribution is -0.120. The highest BCUT2D eigenvalue weighted by atomic mass is 35.5. The minimum Gasteiger partial charge on any atom is -0.423 e. The Morgan fingerprint density at radius 2 is 1.63 bits per heavy atom. The molecule has 1 N–H and O–H groups in total. The Kier molecular flexibility index (Phi) is 6.96. The Balaban J connectivity index is 1.50. The zero-order valence-corrected chi connectivity index (χ0v) is 20.8. The molecule has 1 aliphatic rings. The van der Waals surface area contributed by atoms with Crippen molar-refractivity contribution in [1.29, 1.82) is 0 Å². The summed E-state index contributed by atoms with van der Waals surface area (Å²) in [6.45, 7) is 5.80. The molecule has 6 nitrogen and oxygen atoms in total. The van der Waals surface area contributed by atoms with E-state index in [1.807, 2.05) is 32.0 Å². The number of hydrogen-bond donors (Lipinski definition) is 1. The van der Waals surface area contributed by atoms with Crippen LogP contribution in [0.2, 0.25) is 5.02 Å². The van der Waals surface area contributed by atoms with E-state index in [1.165, 1.54) is 0 Å². The van der Waals surface area contributed by atoms with Crippen molar-refractivity contribution in [3.05, 3.63) is 99.2 Å². The molecule has 0 aromatic heterocycles. The summed E-state index contributed by atoms with van der Waals surface area (Å²) in [7, 11) is 0. The standard InChI is InChI=1S/C27H22Cl2N2O4/c1-15(2)20-6-4-5-7-22(20)35-27(34)17-8-11-19(12-9-17)30-24-23(29)25(32)31(26(24)33)21-13-10-18(28)14-16(21)3/h4-15,30H,1-3H3. The van der Waals surface area contributed by atoms with Crippen molar-refractivity contribution in [3.8, 4) is 5.75 Å². The molecule has 0 saturated heterocycles. The average Bonchev–Trinajstić information content (AvgIpc) is 3.03. The molecule has 0 saturated carbocycles. The first-order valence-electron chi connectivity index (χ1n) is 10.9. The molecule has 1 heterocycles. The number of imide groups is 1. The molecule has 0 atom stereocenters. The van der Waals surface area contributed by atoms with Crippen LogP contribution in [-0.2, 0) is 9.59 Å². The number of esters is 1. The summed E-state index contributed by atoms with van der Waals surface area (Å²) < 4.78 is 5.59. The Bertz CT molecular complexity index is 1360. The van der Waals surface area contributed by atoms with Crippen molar-refractivity contribution in [2.45, 2.75) is 26.7 Å². The van der Waals surface area contributed by atoms with Crippen LogP contribution in [0.25, 0.3) is 0 Å². The molecule has 1 aliphatic heterocycles. The van der Waals surface area contributed by atoms with Crippen LogP contribution in [-0.4, -0.2) is 17.8 Å². The molecule has 0 unspecified atom stereocenters. The molecule has 0 fully saturated rings. The lowest BCUT2D eigenvalue weighted by Gasteiger charge is -2.17. The topological polar surface area (TPSA) is 75.7 Å². The molecular weight excluding hydrogens is 487 g/mol. The summed E-state index contributed by atoms with van der Waals surface area (Å²) in [5, 5.41) is 3.17. The van der Waals surface area contributed by atoms with E-state index in [0.29, 0.717) is 33.3 Å². The molecule has 178 valence electrons. The van der Waals surface area contributed by atoms with Gasteiger partial charge in [-0.15, -0.1) is 0 Å². The number of anilines is 2. The van der Waals surface area contributed by atoms with Gasteiger partial charge in [0.15, 0.2) is 0 Å². The zero-order valence-electron chi connectivity index (χ0n) is 19.3. The fraction of sp³-hybridized carbons (Fsp3) is 0.148. The van der Waals surface area contributed by atoms with Crippen molar-refractivity contribution in [3.63, 3.8) is 0 Å². The number of ether oxygens (including phenoxy) is 1. The van der Waals surface area contributed by atoms with Crippen LogP contribution >= 0.6 is 23.2 Å². The molecule has 2 amide bonds. The molecule has 0 radical (unpaired) electrons. The maximum absolute atomic E-state index is 13.0. The Hall–Kier alpha value is -3.61. The summed E-state index contributed by atoms with van der Waals surface area (Å²) in [6.07, 6.45) is 0. The molecule has 8 heteroatoms. The molecule has 0 aliphatic carbocycles. The first kappa shape index (κ1) is 24.5. The molecular formula is C27H22Cl2N2O4. The highest BCUT2D eigenvalue weighted by molar-refractivity contribution is 6.53. The first-order chi connectivity index (χ1) is 16.7. The minimum absolute atomic E-state index is 0.0489. The second kappa shape index (κ2) is 9.94. The number of rotatable bonds is 6. The van der Waals surface area contributed by atoms with Gasteiger partial charge in [-0.2, -0.15) is 0 Å². The van der Waals surface area contributed by atoms with Gasteiger partial charge in [0.05, 0.1) is 11.3 Å². The molecule has 3 aromatic rings. The fourth-order valence-corrected chi connectivity index (χ4v) is 4.18. The number of halogens is 2. The molecule has 35 heavy (non-hydrogen) atoms. The second-order valence-electron chi connectivity index (χ2n) is 8.35. The SMILES string of the molecule is Cc1cc(Cl)ccc1N1C(=O)C(Cl)=C(Nc2ccc(C(=O)Oc3ccccc3C(C)C)cc2)C1=O. The van der Waals surface area contributed by atoms with E-state index in [1.54, 1.807) is 55.5 Å². The van der Waals surface area contributed by atoms with Crippen molar-refractivity contribution in [2.24, 2.45) is 0 Å². The highest BCUT2D eigenvalue weighted by Crippen LogP contribution is 2.33. The number of hydrogen-bond acceptors (Lipinski definition) is 5. The molecule has 0 spiro atoms. The second-order valence-corrected chi connectivity index (χ2v) is 9.16. The largest absolute Gasteiger partial charge is 0.423 e. The van der Waals surface area contributed by atoms with E-state index in [-0.39, 0.29) is 16.6 Å². The third kappa shape index (κ3) is 4.94. The minimum atomic E-state index is -0.631. The number of carbonyl (C=O) groups is 3. The van der Waals surface area contributed by atoms with Crippen molar-refractivity contribution in [1.82, 2.24) is 0 Å². The normalized spacial score (nSPS) is 13.6. The van der Waals surface area contributed by atoms with E-state index in [2.05, 4.69) is 5.32 Å². The maximum Gasteiger partial charge on any atom is 0.343 e. The van der Waals surface area contributed by atoms with Gasteiger partial charge < -0.3 is 10.1 Å². The van der Waals surface area contributed by atoms with E-state index >= 15 is 0 Å². The van der Waals surface area contributed by atoms with E-state index in [4.69, 9.17) is 27.9 Å². The van der Waals surface area contributed by atoms with E-state index < -0.39 is 17.8 Å². The monoisotopic (exact) mass is 508 g/mol. The van der Waals surface area contributed by atoms with Crippen LogP contribution in [0.4, 0.5) is 11.4 Å². The summed E-state index contributed by atoms with van der Waals surface area (Å²) in [6, 6.07) is 18.6. The Morgan fingerprint density at radius 3 is 2.29 bits per heavy atom.